The van der Waals surface area contributed by atoms with Gasteiger partial charge in [-0.05, 0) is 53.9 Å². The van der Waals surface area contributed by atoms with Gasteiger partial charge in [-0.2, -0.15) is 0 Å². The molecule has 2 aromatic carbocycles. The maximum Gasteiger partial charge on any atom is 0.123 e. The van der Waals surface area contributed by atoms with E-state index >= 15 is 0 Å². The fraction of sp³-hybridized carbons (Fsp3) is 0.250. The average molecular weight is 243 g/mol. The normalized spacial score (nSPS) is 10.6. The quantitative estimate of drug-likeness (QED) is 0.858. The average Bonchev–Trinajstić information content (AvgIpc) is 2.38. The highest BCUT2D eigenvalue weighted by Gasteiger charge is 2.04. The Morgan fingerprint density at radius 3 is 2.67 bits per heavy atom. The second kappa shape index (κ2) is 5.78. The molecule has 0 heterocycles. The van der Waals surface area contributed by atoms with Crippen LogP contribution in [-0.4, -0.2) is 6.54 Å². The molecule has 0 saturated carbocycles. The van der Waals surface area contributed by atoms with Gasteiger partial charge in [-0.3, -0.25) is 0 Å². The molecule has 0 fully saturated rings. The van der Waals surface area contributed by atoms with Gasteiger partial charge in [-0.15, -0.1) is 0 Å². The van der Waals surface area contributed by atoms with Crippen LogP contribution in [0.15, 0.2) is 42.5 Å². The monoisotopic (exact) mass is 243 g/mol. The standard InChI is InChI=1S/C16H18FN/c1-3-18-11-13-8-7-12(2)16(9-13)14-5-4-6-15(17)10-14/h4-10,18H,3,11H2,1-2H3. The SMILES string of the molecule is CCNCc1ccc(C)c(-c2cccc(F)c2)c1. The van der Waals surface area contributed by atoms with E-state index in [4.69, 9.17) is 0 Å². The molecule has 0 atom stereocenters. The fourth-order valence-corrected chi connectivity index (χ4v) is 2.02. The lowest BCUT2D eigenvalue weighted by Crippen LogP contribution is -2.11. The van der Waals surface area contributed by atoms with Crippen molar-refractivity contribution in [3.05, 3.63) is 59.4 Å². The maximum absolute atomic E-state index is 13.3. The lowest BCUT2D eigenvalue weighted by molar-refractivity contribution is 0.628. The van der Waals surface area contributed by atoms with Gasteiger partial charge < -0.3 is 5.32 Å². The number of halogens is 1. The third-order valence-electron chi connectivity index (χ3n) is 3.02. The third-order valence-corrected chi connectivity index (χ3v) is 3.02. The van der Waals surface area contributed by atoms with Crippen molar-refractivity contribution in [1.82, 2.24) is 5.32 Å². The van der Waals surface area contributed by atoms with E-state index in [-0.39, 0.29) is 5.82 Å². The summed E-state index contributed by atoms with van der Waals surface area (Å²) in [5, 5.41) is 3.30. The van der Waals surface area contributed by atoms with Crippen molar-refractivity contribution in [3.8, 4) is 11.1 Å². The molecule has 0 radical (unpaired) electrons. The number of hydrogen-bond acceptors (Lipinski definition) is 1. The van der Waals surface area contributed by atoms with E-state index in [9.17, 15) is 4.39 Å². The Morgan fingerprint density at radius 1 is 1.11 bits per heavy atom. The Kier molecular flexibility index (Phi) is 4.11. The van der Waals surface area contributed by atoms with Crippen molar-refractivity contribution >= 4 is 0 Å². The summed E-state index contributed by atoms with van der Waals surface area (Å²) in [6.07, 6.45) is 0. The lowest BCUT2D eigenvalue weighted by Gasteiger charge is -2.10. The highest BCUT2D eigenvalue weighted by Crippen LogP contribution is 2.25. The highest BCUT2D eigenvalue weighted by atomic mass is 19.1. The van der Waals surface area contributed by atoms with Gasteiger partial charge in [-0.1, -0.05) is 31.2 Å². The number of aryl methyl sites for hydroxylation is 1. The Morgan fingerprint density at radius 2 is 1.94 bits per heavy atom. The van der Waals surface area contributed by atoms with Crippen LogP contribution >= 0.6 is 0 Å². The van der Waals surface area contributed by atoms with Gasteiger partial charge in [0.05, 0.1) is 0 Å². The first-order chi connectivity index (χ1) is 8.70. The molecule has 0 aromatic heterocycles. The molecule has 2 rings (SSSR count). The predicted molar refractivity (Wildman–Crippen MR) is 74.0 cm³/mol. The molecule has 1 N–H and O–H groups in total. The minimum atomic E-state index is -0.191. The molecule has 18 heavy (non-hydrogen) atoms. The summed E-state index contributed by atoms with van der Waals surface area (Å²) in [4.78, 5) is 0. The molecule has 0 spiro atoms. The Balaban J connectivity index is 2.37. The predicted octanol–water partition coefficient (Wildman–Crippen LogP) is 3.91. The van der Waals surface area contributed by atoms with Crippen molar-refractivity contribution < 1.29 is 4.39 Å². The summed E-state index contributed by atoms with van der Waals surface area (Å²) in [6.45, 7) is 5.93. The summed E-state index contributed by atoms with van der Waals surface area (Å²) in [5.74, 6) is -0.191. The lowest BCUT2D eigenvalue weighted by atomic mass is 9.98. The summed E-state index contributed by atoms with van der Waals surface area (Å²) in [6, 6.07) is 13.1. The van der Waals surface area contributed by atoms with E-state index in [0.29, 0.717) is 0 Å². The van der Waals surface area contributed by atoms with Gasteiger partial charge in [0.25, 0.3) is 0 Å². The topological polar surface area (TPSA) is 12.0 Å². The first-order valence-corrected chi connectivity index (χ1v) is 6.27. The van der Waals surface area contributed by atoms with Crippen LogP contribution in [0.2, 0.25) is 0 Å². The molecule has 0 amide bonds. The van der Waals surface area contributed by atoms with E-state index in [0.717, 1.165) is 24.2 Å². The third kappa shape index (κ3) is 2.96. The van der Waals surface area contributed by atoms with Crippen LogP contribution in [0.4, 0.5) is 4.39 Å². The number of nitrogens with one attached hydrogen (secondary N) is 1. The summed E-state index contributed by atoms with van der Waals surface area (Å²) in [5.41, 5.74) is 4.43. The van der Waals surface area contributed by atoms with Crippen LogP contribution in [0.5, 0.6) is 0 Å². The van der Waals surface area contributed by atoms with Gasteiger partial charge in [0.2, 0.25) is 0 Å². The van der Waals surface area contributed by atoms with Crippen LogP contribution in [0, 0.1) is 12.7 Å². The Labute approximate surface area is 108 Å². The van der Waals surface area contributed by atoms with Crippen molar-refractivity contribution in [3.63, 3.8) is 0 Å². The number of benzene rings is 2. The van der Waals surface area contributed by atoms with Gasteiger partial charge in [0, 0.05) is 6.54 Å². The minimum Gasteiger partial charge on any atom is -0.313 e. The molecule has 2 aromatic rings. The second-order valence-electron chi connectivity index (χ2n) is 4.44. The molecule has 0 saturated heterocycles. The molecule has 0 aliphatic heterocycles. The fourth-order valence-electron chi connectivity index (χ4n) is 2.02. The molecule has 0 aliphatic carbocycles. The Hall–Kier alpha value is -1.67. The van der Waals surface area contributed by atoms with Crippen LogP contribution < -0.4 is 5.32 Å². The van der Waals surface area contributed by atoms with Crippen molar-refractivity contribution in [2.24, 2.45) is 0 Å². The molecular weight excluding hydrogens is 225 g/mol. The first kappa shape index (κ1) is 12.8. The molecule has 0 unspecified atom stereocenters. The zero-order valence-corrected chi connectivity index (χ0v) is 10.8. The highest BCUT2D eigenvalue weighted by molar-refractivity contribution is 5.67. The van der Waals surface area contributed by atoms with E-state index in [1.165, 1.54) is 17.2 Å². The van der Waals surface area contributed by atoms with Crippen LogP contribution in [-0.2, 0) is 6.54 Å². The smallest absolute Gasteiger partial charge is 0.123 e. The summed E-state index contributed by atoms with van der Waals surface area (Å²) >= 11 is 0. The Bertz CT molecular complexity index is 534. The molecule has 0 aliphatic rings. The van der Waals surface area contributed by atoms with E-state index in [2.05, 4.69) is 37.4 Å². The van der Waals surface area contributed by atoms with Gasteiger partial charge in [0.15, 0.2) is 0 Å². The summed E-state index contributed by atoms with van der Waals surface area (Å²) < 4.78 is 13.3. The zero-order valence-electron chi connectivity index (χ0n) is 10.8. The van der Waals surface area contributed by atoms with Crippen LogP contribution in [0.1, 0.15) is 18.1 Å². The zero-order chi connectivity index (χ0) is 13.0. The summed E-state index contributed by atoms with van der Waals surface area (Å²) in [7, 11) is 0. The number of hydrogen-bond donors (Lipinski definition) is 1. The van der Waals surface area contributed by atoms with Gasteiger partial charge in [0.1, 0.15) is 5.82 Å². The molecule has 94 valence electrons. The maximum atomic E-state index is 13.3. The molecule has 0 bridgehead atoms. The largest absolute Gasteiger partial charge is 0.313 e. The van der Waals surface area contributed by atoms with Crippen LogP contribution in [0.3, 0.4) is 0 Å². The number of rotatable bonds is 4. The van der Waals surface area contributed by atoms with E-state index in [1.54, 1.807) is 12.1 Å². The van der Waals surface area contributed by atoms with Gasteiger partial charge >= 0.3 is 0 Å². The second-order valence-corrected chi connectivity index (χ2v) is 4.44. The van der Waals surface area contributed by atoms with Crippen molar-refractivity contribution in [1.29, 1.82) is 0 Å². The molecular formula is C16H18FN. The van der Waals surface area contributed by atoms with Gasteiger partial charge in [-0.25, -0.2) is 4.39 Å². The first-order valence-electron chi connectivity index (χ1n) is 6.27. The van der Waals surface area contributed by atoms with E-state index in [1.807, 2.05) is 6.07 Å². The van der Waals surface area contributed by atoms with Crippen molar-refractivity contribution in [2.75, 3.05) is 6.54 Å². The molecule has 1 nitrogen and oxygen atoms in total. The van der Waals surface area contributed by atoms with Crippen LogP contribution in [0.25, 0.3) is 11.1 Å². The van der Waals surface area contributed by atoms with Crippen molar-refractivity contribution in [2.45, 2.75) is 20.4 Å². The minimum absolute atomic E-state index is 0.191. The molecule has 2 heteroatoms. The van der Waals surface area contributed by atoms with E-state index < -0.39 is 0 Å².